The number of amides is 1. The van der Waals surface area contributed by atoms with Crippen molar-refractivity contribution < 1.29 is 9.32 Å². The first-order valence-electron chi connectivity index (χ1n) is 7.50. The highest BCUT2D eigenvalue weighted by Crippen LogP contribution is 2.32. The molecule has 2 aromatic carbocycles. The van der Waals surface area contributed by atoms with Crippen molar-refractivity contribution in [3.63, 3.8) is 0 Å². The van der Waals surface area contributed by atoms with E-state index in [1.807, 2.05) is 36.4 Å². The summed E-state index contributed by atoms with van der Waals surface area (Å²) in [5.41, 5.74) is 2.93. The molecule has 0 aliphatic rings. The van der Waals surface area contributed by atoms with Crippen LogP contribution in [0, 0.1) is 6.92 Å². The van der Waals surface area contributed by atoms with Gasteiger partial charge in [-0.1, -0.05) is 21.1 Å². The first-order chi connectivity index (χ1) is 12.1. The number of carbonyl (C=O) groups excluding carboxylic acids is 1. The maximum atomic E-state index is 12.1. The third-order valence-electron chi connectivity index (χ3n) is 3.60. The molecule has 0 bridgehead atoms. The quantitative estimate of drug-likeness (QED) is 0.496. The lowest BCUT2D eigenvalue weighted by molar-refractivity contribution is 0.101. The van der Waals surface area contributed by atoms with Crippen LogP contribution in [0.3, 0.4) is 0 Å². The van der Waals surface area contributed by atoms with Crippen LogP contribution < -0.4 is 5.32 Å². The highest BCUT2D eigenvalue weighted by atomic mass is 79.9. The van der Waals surface area contributed by atoms with E-state index >= 15 is 0 Å². The van der Waals surface area contributed by atoms with Gasteiger partial charge in [0.25, 0.3) is 5.91 Å². The summed E-state index contributed by atoms with van der Waals surface area (Å²) in [6, 6.07) is 15.2. The van der Waals surface area contributed by atoms with E-state index in [9.17, 15) is 4.79 Å². The number of anilines is 1. The number of nitrogens with zero attached hydrogens (tertiary/aromatic N) is 2. The molecular weight excluding hydrogens is 402 g/mol. The lowest BCUT2D eigenvalue weighted by atomic mass is 10.2. The Morgan fingerprint density at radius 3 is 2.68 bits per heavy atom. The molecule has 0 aliphatic heterocycles. The third-order valence-corrected chi connectivity index (χ3v) is 5.18. The van der Waals surface area contributed by atoms with Crippen molar-refractivity contribution in [3.05, 3.63) is 64.5 Å². The summed E-state index contributed by atoms with van der Waals surface area (Å²) >= 11 is 5.10. The molecule has 7 heteroatoms. The summed E-state index contributed by atoms with van der Waals surface area (Å²) in [6.07, 6.45) is 0. The Hall–Kier alpha value is -2.51. The van der Waals surface area contributed by atoms with Gasteiger partial charge in [0.2, 0.25) is 0 Å². The van der Waals surface area contributed by atoms with Crippen molar-refractivity contribution in [1.29, 1.82) is 0 Å². The van der Waals surface area contributed by atoms with Crippen molar-refractivity contribution >= 4 is 49.1 Å². The fourth-order valence-electron chi connectivity index (χ4n) is 2.39. The van der Waals surface area contributed by atoms with Crippen LogP contribution in [0.15, 0.2) is 57.5 Å². The van der Waals surface area contributed by atoms with Crippen molar-refractivity contribution in [1.82, 2.24) is 10.1 Å². The summed E-state index contributed by atoms with van der Waals surface area (Å²) < 4.78 is 7.06. The number of benzene rings is 2. The first-order valence-corrected chi connectivity index (χ1v) is 9.11. The average Bonchev–Trinajstić information content (AvgIpc) is 3.21. The Morgan fingerprint density at radius 1 is 1.16 bits per heavy atom. The van der Waals surface area contributed by atoms with E-state index in [4.69, 9.17) is 4.52 Å². The van der Waals surface area contributed by atoms with Gasteiger partial charge in [-0.15, -0.1) is 11.3 Å². The normalized spacial score (nSPS) is 11.0. The minimum atomic E-state index is -0.297. The van der Waals surface area contributed by atoms with Crippen molar-refractivity contribution in [3.8, 4) is 10.6 Å². The molecule has 0 aliphatic carbocycles. The monoisotopic (exact) mass is 413 g/mol. The van der Waals surface area contributed by atoms with E-state index in [1.54, 1.807) is 24.3 Å². The molecule has 1 N–H and O–H groups in total. The van der Waals surface area contributed by atoms with Crippen LogP contribution in [-0.2, 0) is 0 Å². The van der Waals surface area contributed by atoms with Gasteiger partial charge in [0.15, 0.2) is 5.69 Å². The minimum absolute atomic E-state index is 0.262. The molecule has 0 radical (unpaired) electrons. The van der Waals surface area contributed by atoms with Crippen LogP contribution in [0.5, 0.6) is 0 Å². The molecule has 124 valence electrons. The standard InChI is InChI=1S/C18H12BrN3O2S/c1-10-8-15(22-24-10)17(23)20-13-5-2-11(3-6-13)18-21-14-9-12(19)4-7-16(14)25-18/h2-9H,1H3,(H,20,23). The lowest BCUT2D eigenvalue weighted by Gasteiger charge is -2.03. The number of aromatic nitrogens is 2. The first kappa shape index (κ1) is 16.0. The van der Waals surface area contributed by atoms with E-state index in [-0.39, 0.29) is 11.6 Å². The van der Waals surface area contributed by atoms with Gasteiger partial charge >= 0.3 is 0 Å². The van der Waals surface area contributed by atoms with Crippen LogP contribution in [0.1, 0.15) is 16.2 Å². The third kappa shape index (κ3) is 3.33. The molecule has 25 heavy (non-hydrogen) atoms. The molecular formula is C18H12BrN3O2S. The van der Waals surface area contributed by atoms with Crippen LogP contribution in [0.25, 0.3) is 20.8 Å². The fraction of sp³-hybridized carbons (Fsp3) is 0.0556. The summed E-state index contributed by atoms with van der Waals surface area (Å²) in [7, 11) is 0. The second kappa shape index (κ2) is 6.42. The van der Waals surface area contributed by atoms with E-state index in [0.717, 1.165) is 25.3 Å². The molecule has 0 spiro atoms. The second-order valence-corrected chi connectivity index (χ2v) is 7.43. The maximum absolute atomic E-state index is 12.1. The van der Waals surface area contributed by atoms with Gasteiger partial charge in [-0.25, -0.2) is 4.98 Å². The average molecular weight is 414 g/mol. The highest BCUT2D eigenvalue weighted by Gasteiger charge is 2.12. The van der Waals surface area contributed by atoms with Gasteiger partial charge < -0.3 is 9.84 Å². The van der Waals surface area contributed by atoms with E-state index in [2.05, 4.69) is 37.5 Å². The zero-order chi connectivity index (χ0) is 17.4. The molecule has 4 aromatic rings. The lowest BCUT2D eigenvalue weighted by Crippen LogP contribution is -2.11. The Labute approximate surface area is 155 Å². The number of hydrogen-bond acceptors (Lipinski definition) is 5. The molecule has 5 nitrogen and oxygen atoms in total. The Morgan fingerprint density at radius 2 is 1.96 bits per heavy atom. The van der Waals surface area contributed by atoms with Crippen molar-refractivity contribution in [2.45, 2.75) is 6.92 Å². The highest BCUT2D eigenvalue weighted by molar-refractivity contribution is 9.10. The van der Waals surface area contributed by atoms with Crippen LogP contribution in [0.2, 0.25) is 0 Å². The molecule has 0 unspecified atom stereocenters. The predicted molar refractivity (Wildman–Crippen MR) is 102 cm³/mol. The number of thiazole rings is 1. The Bertz CT molecular complexity index is 1070. The zero-order valence-electron chi connectivity index (χ0n) is 13.1. The molecule has 2 heterocycles. The number of hydrogen-bond donors (Lipinski definition) is 1. The van der Waals surface area contributed by atoms with Gasteiger partial charge in [-0.3, -0.25) is 4.79 Å². The fourth-order valence-corrected chi connectivity index (χ4v) is 3.69. The van der Waals surface area contributed by atoms with Gasteiger partial charge in [0.1, 0.15) is 10.8 Å². The number of carbonyl (C=O) groups is 1. The molecule has 4 rings (SSSR count). The number of halogens is 1. The van der Waals surface area contributed by atoms with Crippen LogP contribution in [0.4, 0.5) is 5.69 Å². The summed E-state index contributed by atoms with van der Waals surface area (Å²) in [5.74, 6) is 0.303. The molecule has 0 saturated heterocycles. The summed E-state index contributed by atoms with van der Waals surface area (Å²) in [6.45, 7) is 1.75. The van der Waals surface area contributed by atoms with Gasteiger partial charge in [0, 0.05) is 21.8 Å². The SMILES string of the molecule is Cc1cc(C(=O)Nc2ccc(-c3nc4cc(Br)ccc4s3)cc2)no1. The second-order valence-electron chi connectivity index (χ2n) is 5.49. The predicted octanol–water partition coefficient (Wildman–Crippen LogP) is 5.27. The molecule has 0 atom stereocenters. The number of nitrogens with one attached hydrogen (secondary N) is 1. The van der Waals surface area contributed by atoms with Crippen LogP contribution in [-0.4, -0.2) is 16.0 Å². The van der Waals surface area contributed by atoms with Gasteiger partial charge in [-0.2, -0.15) is 0 Å². The van der Waals surface area contributed by atoms with E-state index in [1.165, 1.54) is 0 Å². The Balaban J connectivity index is 1.55. The maximum Gasteiger partial charge on any atom is 0.277 e. The molecule has 0 fully saturated rings. The van der Waals surface area contributed by atoms with Crippen molar-refractivity contribution in [2.24, 2.45) is 0 Å². The number of rotatable bonds is 3. The molecule has 1 amide bonds. The topological polar surface area (TPSA) is 68.0 Å². The van der Waals surface area contributed by atoms with Crippen LogP contribution >= 0.6 is 27.3 Å². The zero-order valence-corrected chi connectivity index (χ0v) is 15.5. The smallest absolute Gasteiger partial charge is 0.277 e. The van der Waals surface area contributed by atoms with Crippen molar-refractivity contribution in [2.75, 3.05) is 5.32 Å². The van der Waals surface area contributed by atoms with E-state index in [0.29, 0.717) is 11.4 Å². The summed E-state index contributed by atoms with van der Waals surface area (Å²) in [5, 5.41) is 7.45. The van der Waals surface area contributed by atoms with E-state index < -0.39 is 0 Å². The minimum Gasteiger partial charge on any atom is -0.361 e. The summed E-state index contributed by atoms with van der Waals surface area (Å²) in [4.78, 5) is 16.7. The number of aryl methyl sites for hydroxylation is 1. The molecule has 0 saturated carbocycles. The number of fused-ring (bicyclic) bond motifs is 1. The van der Waals surface area contributed by atoms with Gasteiger partial charge in [-0.05, 0) is 49.4 Å². The largest absolute Gasteiger partial charge is 0.361 e. The molecule has 2 aromatic heterocycles. The van der Waals surface area contributed by atoms with Gasteiger partial charge in [0.05, 0.1) is 10.2 Å². The Kier molecular flexibility index (Phi) is 4.10.